The van der Waals surface area contributed by atoms with Gasteiger partial charge in [-0.2, -0.15) is 5.10 Å². The fourth-order valence-corrected chi connectivity index (χ4v) is 3.43. The van der Waals surface area contributed by atoms with Crippen LogP contribution in [0.25, 0.3) is 11.5 Å². The van der Waals surface area contributed by atoms with Gasteiger partial charge < -0.3 is 13.8 Å². The lowest BCUT2D eigenvalue weighted by atomic mass is 10.1. The molecule has 25 heavy (non-hydrogen) atoms. The van der Waals surface area contributed by atoms with E-state index in [2.05, 4.69) is 16.3 Å². The summed E-state index contributed by atoms with van der Waals surface area (Å²) >= 11 is 0. The molecule has 130 valence electrons. The predicted octanol–water partition coefficient (Wildman–Crippen LogP) is 3.23. The highest BCUT2D eigenvalue weighted by atomic mass is 16.5. The van der Waals surface area contributed by atoms with Crippen molar-refractivity contribution in [2.24, 2.45) is 0 Å². The molecule has 0 aliphatic carbocycles. The molecule has 1 unspecified atom stereocenters. The maximum atomic E-state index is 12.8. The molecule has 3 aromatic rings. The maximum Gasteiger partial charge on any atom is 0.276 e. The quantitative estimate of drug-likeness (QED) is 0.731. The first-order valence-electron chi connectivity index (χ1n) is 8.44. The zero-order valence-corrected chi connectivity index (χ0v) is 14.3. The molecule has 0 aromatic carbocycles. The number of furan rings is 1. The number of hydrogen-bond acceptors (Lipinski definition) is 5. The van der Waals surface area contributed by atoms with Crippen molar-refractivity contribution in [2.45, 2.75) is 32.7 Å². The van der Waals surface area contributed by atoms with Gasteiger partial charge in [-0.25, -0.2) is 0 Å². The number of carbonyl (C=O) groups excluding carboxylic acids is 1. The van der Waals surface area contributed by atoms with Crippen LogP contribution in [0, 0.1) is 13.8 Å². The Kier molecular flexibility index (Phi) is 3.91. The van der Waals surface area contributed by atoms with Crippen LogP contribution in [-0.4, -0.2) is 38.8 Å². The van der Waals surface area contributed by atoms with Gasteiger partial charge in [0.15, 0.2) is 11.5 Å². The van der Waals surface area contributed by atoms with Crippen molar-refractivity contribution in [3.8, 4) is 11.5 Å². The number of likely N-dealkylation sites (tertiary alicyclic amines) is 1. The van der Waals surface area contributed by atoms with Crippen LogP contribution in [0.15, 0.2) is 39.5 Å². The number of rotatable bonds is 3. The standard InChI is InChI=1S/C18H20N4O3/c1-12-9-13(2)22(19-12)14-5-3-7-21(11-14)18(23)15-10-17(25-20-15)16-6-4-8-24-16/h4,6,8-10,14H,3,5,7,11H2,1-2H3. The summed E-state index contributed by atoms with van der Waals surface area (Å²) in [4.78, 5) is 14.6. The molecule has 1 aliphatic heterocycles. The molecule has 0 N–H and O–H groups in total. The molecule has 3 aromatic heterocycles. The lowest BCUT2D eigenvalue weighted by molar-refractivity contribution is 0.0661. The van der Waals surface area contributed by atoms with Crippen LogP contribution in [-0.2, 0) is 0 Å². The van der Waals surface area contributed by atoms with Gasteiger partial charge in [0.25, 0.3) is 5.91 Å². The number of amides is 1. The summed E-state index contributed by atoms with van der Waals surface area (Å²) in [6.07, 6.45) is 3.52. The summed E-state index contributed by atoms with van der Waals surface area (Å²) in [7, 11) is 0. The second-order valence-corrected chi connectivity index (χ2v) is 6.47. The maximum absolute atomic E-state index is 12.8. The van der Waals surface area contributed by atoms with Crippen molar-refractivity contribution in [1.82, 2.24) is 19.8 Å². The summed E-state index contributed by atoms with van der Waals surface area (Å²) < 4.78 is 12.6. The summed E-state index contributed by atoms with van der Waals surface area (Å²) in [5.74, 6) is 0.902. The van der Waals surface area contributed by atoms with Crippen LogP contribution in [0.1, 0.15) is 40.8 Å². The van der Waals surface area contributed by atoms with E-state index in [1.54, 1.807) is 24.5 Å². The van der Waals surface area contributed by atoms with Gasteiger partial charge in [-0.3, -0.25) is 9.48 Å². The molecule has 0 bridgehead atoms. The van der Waals surface area contributed by atoms with E-state index in [1.807, 2.05) is 23.4 Å². The summed E-state index contributed by atoms with van der Waals surface area (Å²) in [6, 6.07) is 7.43. The second-order valence-electron chi connectivity index (χ2n) is 6.47. The van der Waals surface area contributed by atoms with Crippen LogP contribution < -0.4 is 0 Å². The third-order valence-electron chi connectivity index (χ3n) is 4.57. The average molecular weight is 340 g/mol. The third-order valence-corrected chi connectivity index (χ3v) is 4.57. The molecule has 7 nitrogen and oxygen atoms in total. The Morgan fingerprint density at radius 2 is 2.16 bits per heavy atom. The minimum absolute atomic E-state index is 0.118. The molecule has 1 atom stereocenters. The van der Waals surface area contributed by atoms with Gasteiger partial charge >= 0.3 is 0 Å². The summed E-state index contributed by atoms with van der Waals surface area (Å²) in [6.45, 7) is 5.39. The molecular weight excluding hydrogens is 320 g/mol. The molecule has 1 saturated heterocycles. The highest BCUT2D eigenvalue weighted by molar-refractivity contribution is 5.93. The first-order valence-corrected chi connectivity index (χ1v) is 8.44. The second kappa shape index (κ2) is 6.23. The van der Waals surface area contributed by atoms with E-state index in [9.17, 15) is 4.79 Å². The van der Waals surface area contributed by atoms with E-state index in [0.717, 1.165) is 30.8 Å². The van der Waals surface area contributed by atoms with E-state index in [1.165, 1.54) is 0 Å². The largest absolute Gasteiger partial charge is 0.461 e. The fourth-order valence-electron chi connectivity index (χ4n) is 3.43. The summed E-state index contributed by atoms with van der Waals surface area (Å²) in [5, 5.41) is 8.49. The topological polar surface area (TPSA) is 77.3 Å². The predicted molar refractivity (Wildman–Crippen MR) is 90.1 cm³/mol. The Balaban J connectivity index is 1.51. The van der Waals surface area contributed by atoms with E-state index in [0.29, 0.717) is 23.8 Å². The lowest BCUT2D eigenvalue weighted by Crippen LogP contribution is -2.41. The number of nitrogens with zero attached hydrogens (tertiary/aromatic N) is 4. The first kappa shape index (κ1) is 15.7. The molecular formula is C18H20N4O3. The Hall–Kier alpha value is -2.83. The van der Waals surface area contributed by atoms with Crippen molar-refractivity contribution >= 4 is 5.91 Å². The lowest BCUT2D eigenvalue weighted by Gasteiger charge is -2.32. The van der Waals surface area contributed by atoms with E-state index in [-0.39, 0.29) is 11.9 Å². The Bertz CT molecular complexity index is 878. The van der Waals surface area contributed by atoms with Gasteiger partial charge in [-0.05, 0) is 44.9 Å². The molecule has 1 fully saturated rings. The number of aryl methyl sites for hydroxylation is 2. The highest BCUT2D eigenvalue weighted by Crippen LogP contribution is 2.25. The van der Waals surface area contributed by atoms with E-state index < -0.39 is 0 Å². The van der Waals surface area contributed by atoms with Gasteiger partial charge in [0.2, 0.25) is 5.76 Å². The van der Waals surface area contributed by atoms with Gasteiger partial charge in [0.1, 0.15) is 0 Å². The van der Waals surface area contributed by atoms with Crippen molar-refractivity contribution in [1.29, 1.82) is 0 Å². The molecule has 0 radical (unpaired) electrons. The Morgan fingerprint density at radius 3 is 2.88 bits per heavy atom. The van der Waals surface area contributed by atoms with Crippen LogP contribution in [0.2, 0.25) is 0 Å². The van der Waals surface area contributed by atoms with Crippen molar-refractivity contribution < 1.29 is 13.7 Å². The molecule has 4 heterocycles. The SMILES string of the molecule is Cc1cc(C)n(C2CCCN(C(=O)c3cc(-c4ccco4)on3)C2)n1. The van der Waals surface area contributed by atoms with E-state index >= 15 is 0 Å². The van der Waals surface area contributed by atoms with Crippen molar-refractivity contribution in [3.05, 3.63) is 47.6 Å². The number of aromatic nitrogens is 3. The van der Waals surface area contributed by atoms with Crippen molar-refractivity contribution in [2.75, 3.05) is 13.1 Å². The molecule has 4 rings (SSSR count). The number of hydrogen-bond donors (Lipinski definition) is 0. The molecule has 0 spiro atoms. The zero-order valence-electron chi connectivity index (χ0n) is 14.3. The molecule has 1 amide bonds. The highest BCUT2D eigenvalue weighted by Gasteiger charge is 2.28. The van der Waals surface area contributed by atoms with Gasteiger partial charge in [0.05, 0.1) is 18.0 Å². The number of piperidine rings is 1. The number of carbonyl (C=O) groups is 1. The van der Waals surface area contributed by atoms with Crippen LogP contribution >= 0.6 is 0 Å². The monoisotopic (exact) mass is 340 g/mol. The van der Waals surface area contributed by atoms with Gasteiger partial charge in [-0.15, -0.1) is 0 Å². The van der Waals surface area contributed by atoms with Crippen LogP contribution in [0.5, 0.6) is 0 Å². The van der Waals surface area contributed by atoms with Gasteiger partial charge in [0, 0.05) is 24.8 Å². The van der Waals surface area contributed by atoms with Crippen LogP contribution in [0.3, 0.4) is 0 Å². The minimum Gasteiger partial charge on any atom is -0.461 e. The van der Waals surface area contributed by atoms with Gasteiger partial charge in [-0.1, -0.05) is 5.16 Å². The average Bonchev–Trinajstić information content (AvgIpc) is 3.34. The smallest absolute Gasteiger partial charge is 0.276 e. The Labute approximate surface area is 145 Å². The van der Waals surface area contributed by atoms with Crippen molar-refractivity contribution in [3.63, 3.8) is 0 Å². The van der Waals surface area contributed by atoms with Crippen LogP contribution in [0.4, 0.5) is 0 Å². The first-order chi connectivity index (χ1) is 12.1. The summed E-state index contributed by atoms with van der Waals surface area (Å²) in [5.41, 5.74) is 2.43. The molecule has 1 aliphatic rings. The fraction of sp³-hybridized carbons (Fsp3) is 0.389. The normalized spacial score (nSPS) is 17.8. The third kappa shape index (κ3) is 2.97. The Morgan fingerprint density at radius 1 is 1.28 bits per heavy atom. The zero-order chi connectivity index (χ0) is 17.4. The van der Waals surface area contributed by atoms with E-state index in [4.69, 9.17) is 8.94 Å². The molecule has 0 saturated carbocycles. The molecule has 7 heteroatoms. The minimum atomic E-state index is -0.118.